The summed E-state index contributed by atoms with van der Waals surface area (Å²) in [5.74, 6) is -7.70. The van der Waals surface area contributed by atoms with E-state index in [2.05, 4.69) is 58.2 Å². The van der Waals surface area contributed by atoms with E-state index in [1.165, 1.54) is 6.92 Å². The number of para-hydroxylation sites is 1. The summed E-state index contributed by atoms with van der Waals surface area (Å²) in [6, 6.07) is 7.60. The highest BCUT2D eigenvalue weighted by atomic mass is 16.2. The van der Waals surface area contributed by atoms with Crippen molar-refractivity contribution in [3.05, 3.63) is 71.9 Å². The Hall–Kier alpha value is -8.25. The van der Waals surface area contributed by atoms with Crippen molar-refractivity contribution in [1.29, 1.82) is 10.8 Å². The van der Waals surface area contributed by atoms with Gasteiger partial charge in [-0.05, 0) is 62.1 Å². The molecule has 1 aliphatic heterocycles. The fourth-order valence-corrected chi connectivity index (χ4v) is 7.85. The van der Waals surface area contributed by atoms with Gasteiger partial charge in [0.15, 0.2) is 11.9 Å². The molecule has 0 saturated carbocycles. The zero-order valence-corrected chi connectivity index (χ0v) is 40.3. The first-order valence-electron chi connectivity index (χ1n) is 23.8. The summed E-state index contributed by atoms with van der Waals surface area (Å²) in [6.07, 6.45) is 1.53. The predicted octanol–water partition coefficient (Wildman–Crippen LogP) is -2.91. The molecule has 1 aromatic heterocycles. The van der Waals surface area contributed by atoms with Gasteiger partial charge in [-0.1, -0.05) is 48.5 Å². The lowest BCUT2D eigenvalue weighted by Gasteiger charge is -2.27. The maximum absolute atomic E-state index is 14.5. The normalized spacial score (nSPS) is 20.4. The number of carbonyl (C=O) groups is 9. The molecule has 1 saturated heterocycles. The van der Waals surface area contributed by atoms with Crippen molar-refractivity contribution in [2.24, 2.45) is 17.2 Å². The highest BCUT2D eigenvalue weighted by Crippen LogP contribution is 2.20. The number of aromatic amines is 1. The van der Waals surface area contributed by atoms with Crippen LogP contribution < -0.4 is 70.4 Å². The van der Waals surface area contributed by atoms with Gasteiger partial charge in [-0.25, -0.2) is 0 Å². The summed E-state index contributed by atoms with van der Waals surface area (Å²) < 4.78 is 0. The number of rotatable bonds is 17. The average molecular weight is 1000 g/mol. The molecule has 6 atom stereocenters. The molecular weight excluding hydrogens is 933 g/mol. The maximum atomic E-state index is 14.5. The van der Waals surface area contributed by atoms with Crippen molar-refractivity contribution in [3.8, 4) is 0 Å². The standard InChI is InChI=1S/C47H68N16O9/c1-27(64)58-32(15-9-21-55-46(49)50)41(68)60-34-17-18-39(66)53-19-7-8-20-54-40(67)36(24-29-26-57-31-14-6-5-13-30(29)31)62-42(69)33(16-10-22-56-47(51)52)59-44(71)35(23-28-11-3-2-4-12-28)61-45(72)37(25-38(48)65)63-43(34)70/h2-6,11-14,26,32-37,57H,7-10,15-25H2,1H3,(H2,48,65)(H,53,66)(H,54,67)(H,58,64)(H,59,71)(H,60,68)(H,61,72)(H,62,69)(H,63,70)(H4,49,50,55)(H4,51,52,56)/t32-,33-,34-,35+,36-,37-/m0/s1. The van der Waals surface area contributed by atoms with Gasteiger partial charge in [0.1, 0.15) is 36.3 Å². The van der Waals surface area contributed by atoms with Crippen LogP contribution in [0, 0.1) is 10.8 Å². The molecule has 1 aliphatic rings. The molecule has 1 fully saturated rings. The minimum absolute atomic E-state index is 0.0252. The summed E-state index contributed by atoms with van der Waals surface area (Å²) in [5.41, 5.74) is 18.5. The SMILES string of the molecule is CC(=O)N[C@@H](CCCNC(=N)N)C(=O)N[C@H]1CCC(=O)NCCCCNC(=O)[C@H](Cc2c[nH]c3ccccc23)NC(=O)[C@H](CCCNC(=N)N)NC(=O)[C@@H](Cc2ccccc2)NC(=O)[C@H](CC(N)=O)NC1=O. The molecule has 72 heavy (non-hydrogen) atoms. The van der Waals surface area contributed by atoms with Gasteiger partial charge >= 0.3 is 0 Å². The first-order valence-corrected chi connectivity index (χ1v) is 23.8. The highest BCUT2D eigenvalue weighted by molar-refractivity contribution is 5.99. The molecule has 0 radical (unpaired) electrons. The van der Waals surface area contributed by atoms with Gasteiger partial charge in [0.2, 0.25) is 53.2 Å². The number of H-pyrrole nitrogens is 1. The molecule has 0 unspecified atom stereocenters. The number of fused-ring (bicyclic) bond motifs is 1. The van der Waals surface area contributed by atoms with E-state index in [1.54, 1.807) is 36.5 Å². The second kappa shape index (κ2) is 29.1. The third-order valence-corrected chi connectivity index (χ3v) is 11.5. The van der Waals surface area contributed by atoms with Crippen molar-refractivity contribution in [1.82, 2.24) is 58.2 Å². The molecule has 19 N–H and O–H groups in total. The van der Waals surface area contributed by atoms with Crippen LogP contribution in [-0.4, -0.2) is 132 Å². The summed E-state index contributed by atoms with van der Waals surface area (Å²) >= 11 is 0. The van der Waals surface area contributed by atoms with Crippen LogP contribution in [0.3, 0.4) is 0 Å². The Morgan fingerprint density at radius 2 is 1.28 bits per heavy atom. The van der Waals surface area contributed by atoms with E-state index in [1.807, 2.05) is 24.3 Å². The third-order valence-electron chi connectivity index (χ3n) is 11.5. The van der Waals surface area contributed by atoms with Crippen molar-refractivity contribution in [2.75, 3.05) is 26.2 Å². The summed E-state index contributed by atoms with van der Waals surface area (Å²) in [5, 5.41) is 42.3. The number of aromatic nitrogens is 1. The fraction of sp³-hybridized carbons (Fsp3) is 0.468. The predicted molar refractivity (Wildman–Crippen MR) is 266 cm³/mol. The van der Waals surface area contributed by atoms with Gasteiger partial charge in [-0.15, -0.1) is 0 Å². The minimum atomic E-state index is -1.74. The monoisotopic (exact) mass is 1000 g/mol. The highest BCUT2D eigenvalue weighted by Gasteiger charge is 2.34. The zero-order valence-electron chi connectivity index (χ0n) is 40.3. The Bertz CT molecular complexity index is 2400. The molecule has 0 bridgehead atoms. The number of amides is 9. The van der Waals surface area contributed by atoms with Gasteiger partial charge in [0.05, 0.1) is 6.42 Å². The number of benzene rings is 2. The van der Waals surface area contributed by atoms with Crippen molar-refractivity contribution < 1.29 is 43.2 Å². The van der Waals surface area contributed by atoms with Crippen LogP contribution in [-0.2, 0) is 56.0 Å². The Morgan fingerprint density at radius 1 is 0.694 bits per heavy atom. The lowest BCUT2D eigenvalue weighted by Crippen LogP contribution is -2.60. The Labute approximate surface area is 416 Å². The average Bonchev–Trinajstić information content (AvgIpc) is 3.74. The van der Waals surface area contributed by atoms with E-state index in [9.17, 15) is 43.2 Å². The van der Waals surface area contributed by atoms with Gasteiger partial charge in [0, 0.05) is 69.5 Å². The molecule has 390 valence electrons. The Kier molecular flexibility index (Phi) is 22.7. The lowest BCUT2D eigenvalue weighted by atomic mass is 10.0. The maximum Gasteiger partial charge on any atom is 0.243 e. The van der Waals surface area contributed by atoms with Crippen LogP contribution in [0.1, 0.15) is 75.8 Å². The molecule has 2 aromatic carbocycles. The van der Waals surface area contributed by atoms with Crippen LogP contribution >= 0.6 is 0 Å². The van der Waals surface area contributed by atoms with Crippen LogP contribution in [0.15, 0.2) is 60.8 Å². The number of hydrogen-bond donors (Lipinski definition) is 16. The molecule has 25 nitrogen and oxygen atoms in total. The van der Waals surface area contributed by atoms with Crippen LogP contribution in [0.2, 0.25) is 0 Å². The lowest BCUT2D eigenvalue weighted by molar-refractivity contribution is -0.136. The number of nitrogens with one attached hydrogen (secondary N) is 13. The Morgan fingerprint density at radius 3 is 1.94 bits per heavy atom. The van der Waals surface area contributed by atoms with E-state index in [-0.39, 0.29) is 89.5 Å². The summed E-state index contributed by atoms with van der Waals surface area (Å²) in [7, 11) is 0. The molecule has 4 rings (SSSR count). The molecule has 9 amide bonds. The van der Waals surface area contributed by atoms with E-state index in [4.69, 9.17) is 28.0 Å². The van der Waals surface area contributed by atoms with E-state index < -0.39 is 95.8 Å². The summed E-state index contributed by atoms with van der Waals surface area (Å²) in [4.78, 5) is 126. The van der Waals surface area contributed by atoms with Gasteiger partial charge in [-0.2, -0.15) is 0 Å². The van der Waals surface area contributed by atoms with E-state index in [0.29, 0.717) is 18.4 Å². The molecule has 0 aliphatic carbocycles. The summed E-state index contributed by atoms with van der Waals surface area (Å²) in [6.45, 7) is 1.84. The molecular formula is C47H68N16O9. The van der Waals surface area contributed by atoms with E-state index in [0.717, 1.165) is 16.5 Å². The number of carbonyl (C=O) groups excluding carboxylic acids is 9. The first kappa shape index (κ1) is 56.3. The largest absolute Gasteiger partial charge is 0.370 e. The van der Waals surface area contributed by atoms with Crippen molar-refractivity contribution in [3.63, 3.8) is 0 Å². The molecule has 25 heteroatoms. The van der Waals surface area contributed by atoms with Gasteiger partial charge in [0.25, 0.3) is 0 Å². The number of hydrogen-bond acceptors (Lipinski definition) is 11. The topological polar surface area (TPSA) is 415 Å². The van der Waals surface area contributed by atoms with Crippen LogP contribution in [0.4, 0.5) is 0 Å². The molecule has 0 spiro atoms. The zero-order chi connectivity index (χ0) is 52.6. The smallest absolute Gasteiger partial charge is 0.243 e. The number of guanidine groups is 2. The fourth-order valence-electron chi connectivity index (χ4n) is 7.85. The number of nitrogens with two attached hydrogens (primary N) is 3. The minimum Gasteiger partial charge on any atom is -0.370 e. The quantitative estimate of drug-likeness (QED) is 0.0367. The second-order valence-electron chi connectivity index (χ2n) is 17.3. The number of primary amides is 1. The molecule has 3 aromatic rings. The van der Waals surface area contributed by atoms with Crippen molar-refractivity contribution in [2.45, 2.75) is 114 Å². The Balaban J connectivity index is 1.71. The van der Waals surface area contributed by atoms with Crippen LogP contribution in [0.25, 0.3) is 10.9 Å². The van der Waals surface area contributed by atoms with E-state index >= 15 is 0 Å². The van der Waals surface area contributed by atoms with Crippen LogP contribution in [0.5, 0.6) is 0 Å². The second-order valence-corrected chi connectivity index (χ2v) is 17.3. The first-order chi connectivity index (χ1) is 34.4. The third kappa shape index (κ3) is 19.6. The molecule has 2 heterocycles. The van der Waals surface area contributed by atoms with Crippen molar-refractivity contribution >= 4 is 76.0 Å². The van der Waals surface area contributed by atoms with Gasteiger partial charge < -0.3 is 75.4 Å². The van der Waals surface area contributed by atoms with Gasteiger partial charge in [-0.3, -0.25) is 54.0 Å².